The van der Waals surface area contributed by atoms with Crippen LogP contribution in [0.4, 0.5) is 0 Å². The predicted molar refractivity (Wildman–Crippen MR) is 121 cm³/mol. The Balaban J connectivity index is 1.73. The molecule has 0 heterocycles. The summed E-state index contributed by atoms with van der Waals surface area (Å²) < 4.78 is 11.4. The van der Waals surface area contributed by atoms with Gasteiger partial charge in [0.1, 0.15) is 29.6 Å². The van der Waals surface area contributed by atoms with Crippen LogP contribution in [0.15, 0.2) is 66.7 Å². The lowest BCUT2D eigenvalue weighted by atomic mass is 10.0. The number of allylic oxidation sites excluding steroid dienone is 1. The zero-order valence-corrected chi connectivity index (χ0v) is 17.8. The molecule has 0 atom stereocenters. The van der Waals surface area contributed by atoms with E-state index in [0.29, 0.717) is 18.3 Å². The normalized spacial score (nSPS) is 11.1. The highest BCUT2D eigenvalue weighted by Crippen LogP contribution is 2.26. The summed E-state index contributed by atoms with van der Waals surface area (Å²) in [6.07, 6.45) is 3.04. The van der Waals surface area contributed by atoms with E-state index in [-0.39, 0.29) is 22.8 Å². The lowest BCUT2D eigenvalue weighted by molar-refractivity contribution is 0.104. The standard InChI is InChI=1S/C26H26O5/c1-17(2)19-6-9-22(10-7-19)31-16-20-14-18(5-13-26(20)30-3)4-12-24(28)23-11-8-21(27)15-25(23)29/h4-15,17,27,29H,16H2,1-3H3/b12-4+. The number of rotatable bonds is 8. The maximum atomic E-state index is 12.4. The van der Waals surface area contributed by atoms with E-state index in [4.69, 9.17) is 9.47 Å². The number of ether oxygens (including phenoxy) is 2. The molecule has 0 unspecified atom stereocenters. The van der Waals surface area contributed by atoms with Gasteiger partial charge in [-0.15, -0.1) is 0 Å². The average Bonchev–Trinajstić information content (AvgIpc) is 2.76. The van der Waals surface area contributed by atoms with E-state index < -0.39 is 0 Å². The monoisotopic (exact) mass is 418 g/mol. The fraction of sp³-hybridized carbons (Fsp3) is 0.192. The smallest absolute Gasteiger partial charge is 0.189 e. The molecule has 0 saturated heterocycles. The van der Waals surface area contributed by atoms with Gasteiger partial charge in [0.2, 0.25) is 0 Å². The van der Waals surface area contributed by atoms with E-state index in [0.717, 1.165) is 22.9 Å². The largest absolute Gasteiger partial charge is 0.508 e. The quantitative estimate of drug-likeness (QED) is 0.362. The minimum Gasteiger partial charge on any atom is -0.508 e. The third-order valence-corrected chi connectivity index (χ3v) is 4.92. The molecule has 2 N–H and O–H groups in total. The Morgan fingerprint density at radius 2 is 1.74 bits per heavy atom. The maximum Gasteiger partial charge on any atom is 0.189 e. The second-order valence-electron chi connectivity index (χ2n) is 7.48. The maximum absolute atomic E-state index is 12.4. The zero-order valence-electron chi connectivity index (χ0n) is 17.8. The number of carbonyl (C=O) groups excluding carboxylic acids is 1. The van der Waals surface area contributed by atoms with Crippen molar-refractivity contribution in [3.63, 3.8) is 0 Å². The van der Waals surface area contributed by atoms with Gasteiger partial charge >= 0.3 is 0 Å². The molecule has 160 valence electrons. The van der Waals surface area contributed by atoms with Crippen LogP contribution in [0.1, 0.15) is 46.8 Å². The Hall–Kier alpha value is -3.73. The molecule has 0 aliphatic heterocycles. The van der Waals surface area contributed by atoms with Gasteiger partial charge in [-0.1, -0.05) is 38.1 Å². The van der Waals surface area contributed by atoms with Crippen LogP contribution in [0.3, 0.4) is 0 Å². The minimum absolute atomic E-state index is 0.100. The van der Waals surface area contributed by atoms with E-state index >= 15 is 0 Å². The molecule has 0 amide bonds. The van der Waals surface area contributed by atoms with E-state index in [1.54, 1.807) is 13.2 Å². The van der Waals surface area contributed by atoms with Crippen molar-refractivity contribution < 1.29 is 24.5 Å². The van der Waals surface area contributed by atoms with Gasteiger partial charge in [-0.25, -0.2) is 0 Å². The van der Waals surface area contributed by atoms with E-state index in [1.165, 1.54) is 23.8 Å². The summed E-state index contributed by atoms with van der Waals surface area (Å²) in [5.74, 6) is 1.20. The van der Waals surface area contributed by atoms with Crippen LogP contribution in [-0.4, -0.2) is 23.1 Å². The first-order valence-electron chi connectivity index (χ1n) is 10.0. The molecule has 0 aliphatic rings. The second kappa shape index (κ2) is 9.85. The summed E-state index contributed by atoms with van der Waals surface area (Å²) in [6, 6.07) is 17.4. The molecule has 5 heteroatoms. The highest BCUT2D eigenvalue weighted by molar-refractivity contribution is 6.08. The Bertz CT molecular complexity index is 1080. The first-order chi connectivity index (χ1) is 14.9. The highest BCUT2D eigenvalue weighted by Gasteiger charge is 2.10. The van der Waals surface area contributed by atoms with Gasteiger partial charge in [0.05, 0.1) is 12.7 Å². The molecule has 0 radical (unpaired) electrons. The van der Waals surface area contributed by atoms with Crippen molar-refractivity contribution in [3.8, 4) is 23.0 Å². The summed E-state index contributed by atoms with van der Waals surface area (Å²) in [5.41, 5.74) is 3.01. The number of phenols is 2. The lowest BCUT2D eigenvalue weighted by Gasteiger charge is -2.12. The van der Waals surface area contributed by atoms with Crippen molar-refractivity contribution in [1.82, 2.24) is 0 Å². The Kier molecular flexibility index (Phi) is 6.98. The fourth-order valence-electron chi connectivity index (χ4n) is 3.12. The molecular formula is C26H26O5. The first-order valence-corrected chi connectivity index (χ1v) is 10.0. The SMILES string of the molecule is COc1ccc(/C=C/C(=O)c2ccc(O)cc2O)cc1COc1ccc(C(C)C)cc1. The van der Waals surface area contributed by atoms with Crippen LogP contribution < -0.4 is 9.47 Å². The van der Waals surface area contributed by atoms with Crippen molar-refractivity contribution in [3.05, 3.63) is 89.0 Å². The molecule has 31 heavy (non-hydrogen) atoms. The molecule has 0 fully saturated rings. The Morgan fingerprint density at radius 1 is 1.00 bits per heavy atom. The number of carbonyl (C=O) groups is 1. The van der Waals surface area contributed by atoms with Gasteiger partial charge in [0.25, 0.3) is 0 Å². The Morgan fingerprint density at radius 3 is 2.39 bits per heavy atom. The summed E-state index contributed by atoms with van der Waals surface area (Å²) in [7, 11) is 1.60. The summed E-state index contributed by atoms with van der Waals surface area (Å²) >= 11 is 0. The minimum atomic E-state index is -0.364. The number of methoxy groups -OCH3 is 1. The molecule has 3 aromatic carbocycles. The zero-order chi connectivity index (χ0) is 22.4. The third-order valence-electron chi connectivity index (χ3n) is 4.92. The average molecular weight is 418 g/mol. The van der Waals surface area contributed by atoms with Gasteiger partial charge in [-0.2, -0.15) is 0 Å². The van der Waals surface area contributed by atoms with Crippen LogP contribution in [0.5, 0.6) is 23.0 Å². The van der Waals surface area contributed by atoms with Crippen molar-refractivity contribution in [2.45, 2.75) is 26.4 Å². The second-order valence-corrected chi connectivity index (χ2v) is 7.48. The first kappa shape index (κ1) is 22.0. The van der Waals surface area contributed by atoms with Gasteiger partial charge in [0.15, 0.2) is 5.78 Å². The van der Waals surface area contributed by atoms with E-state index in [2.05, 4.69) is 26.0 Å². The fourth-order valence-corrected chi connectivity index (χ4v) is 3.12. The van der Waals surface area contributed by atoms with Gasteiger partial charge in [-0.3, -0.25) is 4.79 Å². The highest BCUT2D eigenvalue weighted by atomic mass is 16.5. The van der Waals surface area contributed by atoms with Crippen molar-refractivity contribution >= 4 is 11.9 Å². The molecule has 0 spiro atoms. The molecule has 0 bridgehead atoms. The van der Waals surface area contributed by atoms with Gasteiger partial charge in [0, 0.05) is 11.6 Å². The Labute approximate surface area is 182 Å². The number of hydrogen-bond acceptors (Lipinski definition) is 5. The van der Waals surface area contributed by atoms with Crippen LogP contribution in [0, 0.1) is 0 Å². The van der Waals surface area contributed by atoms with E-state index in [1.807, 2.05) is 30.3 Å². The van der Waals surface area contributed by atoms with Gasteiger partial charge < -0.3 is 19.7 Å². The van der Waals surface area contributed by atoms with Crippen LogP contribution >= 0.6 is 0 Å². The molecule has 3 aromatic rings. The number of phenolic OH excluding ortho intramolecular Hbond substituents is 2. The topological polar surface area (TPSA) is 76.0 Å². The van der Waals surface area contributed by atoms with Crippen molar-refractivity contribution in [2.75, 3.05) is 7.11 Å². The number of aromatic hydroxyl groups is 2. The van der Waals surface area contributed by atoms with Crippen molar-refractivity contribution in [2.24, 2.45) is 0 Å². The number of ketones is 1. The lowest BCUT2D eigenvalue weighted by Crippen LogP contribution is -2.00. The van der Waals surface area contributed by atoms with Gasteiger partial charge in [-0.05, 0) is 59.5 Å². The number of hydrogen-bond donors (Lipinski definition) is 2. The van der Waals surface area contributed by atoms with Crippen LogP contribution in [-0.2, 0) is 6.61 Å². The molecule has 3 rings (SSSR count). The van der Waals surface area contributed by atoms with Crippen LogP contribution in [0.25, 0.3) is 6.08 Å². The molecule has 0 aliphatic carbocycles. The summed E-state index contributed by atoms with van der Waals surface area (Å²) in [5, 5.41) is 19.2. The number of benzene rings is 3. The molecule has 0 aromatic heterocycles. The summed E-state index contributed by atoms with van der Waals surface area (Å²) in [6.45, 7) is 4.61. The van der Waals surface area contributed by atoms with Crippen LogP contribution in [0.2, 0.25) is 0 Å². The van der Waals surface area contributed by atoms with E-state index in [9.17, 15) is 15.0 Å². The molecule has 5 nitrogen and oxygen atoms in total. The predicted octanol–water partition coefficient (Wildman–Crippen LogP) is 5.70. The third kappa shape index (κ3) is 5.66. The van der Waals surface area contributed by atoms with Crippen molar-refractivity contribution in [1.29, 1.82) is 0 Å². The summed E-state index contributed by atoms with van der Waals surface area (Å²) in [4.78, 5) is 12.4. The molecule has 0 saturated carbocycles. The molecular weight excluding hydrogens is 392 g/mol.